The fourth-order valence-corrected chi connectivity index (χ4v) is 2.11. The van der Waals surface area contributed by atoms with Crippen LogP contribution in [-0.4, -0.2) is 29.8 Å². The summed E-state index contributed by atoms with van der Waals surface area (Å²) in [5.74, 6) is -1.52. The van der Waals surface area contributed by atoms with Crippen molar-refractivity contribution in [3.63, 3.8) is 0 Å². The highest BCUT2D eigenvalue weighted by Gasteiger charge is 2.55. The van der Waals surface area contributed by atoms with Gasteiger partial charge in [-0.1, -0.05) is 24.3 Å². The van der Waals surface area contributed by atoms with Gasteiger partial charge in [0.1, 0.15) is 0 Å². The number of ether oxygens (including phenoxy) is 1. The molecule has 1 aliphatic rings. The first-order valence-electron chi connectivity index (χ1n) is 5.64. The van der Waals surface area contributed by atoms with Gasteiger partial charge in [0.25, 0.3) is 5.72 Å². The summed E-state index contributed by atoms with van der Waals surface area (Å²) in [6.07, 6.45) is 0. The van der Waals surface area contributed by atoms with Gasteiger partial charge >= 0.3 is 0 Å². The molecule has 1 aromatic carbocycles. The molecule has 1 aliphatic carbocycles. The lowest BCUT2D eigenvalue weighted by molar-refractivity contribution is -0.125. The van der Waals surface area contributed by atoms with E-state index in [9.17, 15) is 14.4 Å². The van der Waals surface area contributed by atoms with Crippen molar-refractivity contribution in [2.75, 3.05) is 6.61 Å². The molecule has 0 bridgehead atoms. The number of Topliss-reactive ketones (excluding diaryl/α,β-unsaturated/α-hetero) is 2. The van der Waals surface area contributed by atoms with E-state index in [0.29, 0.717) is 0 Å². The molecule has 2 rings (SSSR count). The van der Waals surface area contributed by atoms with Gasteiger partial charge in [-0.3, -0.25) is 14.4 Å². The molecule has 0 aliphatic heterocycles. The van der Waals surface area contributed by atoms with Crippen LogP contribution in [-0.2, 0) is 9.53 Å². The monoisotopic (exact) mass is 247 g/mol. The Morgan fingerprint density at radius 2 is 1.72 bits per heavy atom. The third-order valence-corrected chi connectivity index (χ3v) is 2.77. The van der Waals surface area contributed by atoms with E-state index in [0.717, 1.165) is 0 Å². The van der Waals surface area contributed by atoms with Crippen molar-refractivity contribution in [1.82, 2.24) is 5.32 Å². The minimum Gasteiger partial charge on any atom is -0.343 e. The molecule has 0 radical (unpaired) electrons. The molecular formula is C13H13NO4. The van der Waals surface area contributed by atoms with Gasteiger partial charge in [0.15, 0.2) is 0 Å². The average Bonchev–Trinajstić information content (AvgIpc) is 2.53. The van der Waals surface area contributed by atoms with Gasteiger partial charge < -0.3 is 10.1 Å². The van der Waals surface area contributed by atoms with E-state index >= 15 is 0 Å². The second-order valence-electron chi connectivity index (χ2n) is 4.00. The maximum atomic E-state index is 12.3. The van der Waals surface area contributed by atoms with Crippen LogP contribution in [0.4, 0.5) is 0 Å². The van der Waals surface area contributed by atoms with Crippen molar-refractivity contribution in [3.8, 4) is 0 Å². The average molecular weight is 247 g/mol. The molecule has 0 atom stereocenters. The van der Waals surface area contributed by atoms with Crippen LogP contribution in [0.15, 0.2) is 24.3 Å². The molecule has 0 heterocycles. The summed E-state index contributed by atoms with van der Waals surface area (Å²) in [4.78, 5) is 35.8. The van der Waals surface area contributed by atoms with Crippen molar-refractivity contribution >= 4 is 17.5 Å². The number of carbonyl (C=O) groups is 3. The highest BCUT2D eigenvalue weighted by molar-refractivity contribution is 6.32. The summed E-state index contributed by atoms with van der Waals surface area (Å²) < 4.78 is 5.28. The summed E-state index contributed by atoms with van der Waals surface area (Å²) >= 11 is 0. The highest BCUT2D eigenvalue weighted by atomic mass is 16.5. The lowest BCUT2D eigenvalue weighted by Gasteiger charge is -2.25. The first-order chi connectivity index (χ1) is 8.53. The van der Waals surface area contributed by atoms with Crippen LogP contribution in [0.25, 0.3) is 0 Å². The highest BCUT2D eigenvalue weighted by Crippen LogP contribution is 2.31. The molecule has 5 heteroatoms. The quantitative estimate of drug-likeness (QED) is 0.637. The van der Waals surface area contributed by atoms with Gasteiger partial charge in [0.2, 0.25) is 17.5 Å². The number of hydrogen-bond acceptors (Lipinski definition) is 4. The molecule has 1 N–H and O–H groups in total. The smallest absolute Gasteiger partial charge is 0.270 e. The van der Waals surface area contributed by atoms with Crippen LogP contribution in [0.5, 0.6) is 0 Å². The van der Waals surface area contributed by atoms with Crippen LogP contribution in [0.2, 0.25) is 0 Å². The number of nitrogens with one attached hydrogen (secondary N) is 1. The standard InChI is InChI=1S/C13H13NO4/c1-3-18-13(14-8(2)15)11(16)9-6-4-5-7-10(9)12(13)17/h4-7H,3H2,1-2H3,(H,14,15). The zero-order chi connectivity index (χ0) is 13.3. The van der Waals surface area contributed by atoms with E-state index in [1.165, 1.54) is 6.92 Å². The number of rotatable bonds is 3. The Bertz CT molecular complexity index is 501. The fourth-order valence-electron chi connectivity index (χ4n) is 2.11. The van der Waals surface area contributed by atoms with Gasteiger partial charge in [-0.15, -0.1) is 0 Å². The Kier molecular flexibility index (Phi) is 3.00. The topological polar surface area (TPSA) is 72.5 Å². The lowest BCUT2D eigenvalue weighted by Crippen LogP contribution is -2.58. The predicted octanol–water partition coefficient (Wildman–Crippen LogP) is 0.935. The molecule has 0 unspecified atom stereocenters. The van der Waals surface area contributed by atoms with E-state index < -0.39 is 23.2 Å². The lowest BCUT2D eigenvalue weighted by atomic mass is 10.1. The number of benzene rings is 1. The Balaban J connectivity index is 2.54. The molecule has 0 fully saturated rings. The van der Waals surface area contributed by atoms with E-state index in [2.05, 4.69) is 5.32 Å². The van der Waals surface area contributed by atoms with Gasteiger partial charge in [-0.05, 0) is 6.92 Å². The Morgan fingerprint density at radius 1 is 1.22 bits per heavy atom. The predicted molar refractivity (Wildman–Crippen MR) is 63.3 cm³/mol. The Labute approximate surface area is 104 Å². The summed E-state index contributed by atoms with van der Waals surface area (Å²) in [5, 5.41) is 2.34. The maximum absolute atomic E-state index is 12.3. The van der Waals surface area contributed by atoms with Gasteiger partial charge in [-0.25, -0.2) is 0 Å². The van der Waals surface area contributed by atoms with Crippen LogP contribution in [0, 0.1) is 0 Å². The van der Waals surface area contributed by atoms with Crippen molar-refractivity contribution in [2.45, 2.75) is 19.6 Å². The Morgan fingerprint density at radius 3 is 2.11 bits per heavy atom. The SMILES string of the molecule is CCOC1(NC(C)=O)C(=O)c2ccccc2C1=O. The zero-order valence-corrected chi connectivity index (χ0v) is 10.1. The maximum Gasteiger partial charge on any atom is 0.270 e. The summed E-state index contributed by atoms with van der Waals surface area (Å²) in [6, 6.07) is 6.44. The van der Waals surface area contributed by atoms with Crippen molar-refractivity contribution in [2.24, 2.45) is 0 Å². The van der Waals surface area contributed by atoms with Gasteiger partial charge in [0, 0.05) is 24.7 Å². The molecule has 0 saturated carbocycles. The first-order valence-corrected chi connectivity index (χ1v) is 5.64. The number of amides is 1. The summed E-state index contributed by atoms with van der Waals surface area (Å²) in [7, 11) is 0. The molecule has 94 valence electrons. The molecule has 1 aromatic rings. The van der Waals surface area contributed by atoms with Gasteiger partial charge in [0.05, 0.1) is 0 Å². The van der Waals surface area contributed by atoms with E-state index in [1.54, 1.807) is 31.2 Å². The van der Waals surface area contributed by atoms with Crippen LogP contribution < -0.4 is 5.32 Å². The third kappa shape index (κ3) is 1.64. The largest absolute Gasteiger partial charge is 0.343 e. The van der Waals surface area contributed by atoms with E-state index in [1.807, 2.05) is 0 Å². The van der Waals surface area contributed by atoms with E-state index in [4.69, 9.17) is 4.74 Å². The minimum atomic E-state index is -1.88. The minimum absolute atomic E-state index is 0.145. The molecule has 0 saturated heterocycles. The third-order valence-electron chi connectivity index (χ3n) is 2.77. The number of carbonyl (C=O) groups excluding carboxylic acids is 3. The fraction of sp³-hybridized carbons (Fsp3) is 0.308. The van der Waals surface area contributed by atoms with Crippen LogP contribution in [0.1, 0.15) is 34.6 Å². The van der Waals surface area contributed by atoms with E-state index in [-0.39, 0.29) is 17.7 Å². The van der Waals surface area contributed by atoms with Crippen molar-refractivity contribution in [3.05, 3.63) is 35.4 Å². The van der Waals surface area contributed by atoms with Crippen LogP contribution >= 0.6 is 0 Å². The van der Waals surface area contributed by atoms with Crippen molar-refractivity contribution < 1.29 is 19.1 Å². The second-order valence-corrected chi connectivity index (χ2v) is 4.00. The molecule has 0 aromatic heterocycles. The molecule has 18 heavy (non-hydrogen) atoms. The molecule has 0 spiro atoms. The number of ketones is 2. The molecular weight excluding hydrogens is 234 g/mol. The molecule has 5 nitrogen and oxygen atoms in total. The first kappa shape index (κ1) is 12.4. The second kappa shape index (κ2) is 4.34. The Hall–Kier alpha value is -2.01. The number of fused-ring (bicyclic) bond motifs is 1. The van der Waals surface area contributed by atoms with Crippen molar-refractivity contribution in [1.29, 1.82) is 0 Å². The molecule has 1 amide bonds. The van der Waals surface area contributed by atoms with Crippen LogP contribution in [0.3, 0.4) is 0 Å². The van der Waals surface area contributed by atoms with Gasteiger partial charge in [-0.2, -0.15) is 0 Å². The normalized spacial score (nSPS) is 16.6. The summed E-state index contributed by atoms with van der Waals surface area (Å²) in [6.45, 7) is 3.04. The summed E-state index contributed by atoms with van der Waals surface area (Å²) in [5.41, 5.74) is -1.32. The zero-order valence-electron chi connectivity index (χ0n) is 10.1. The number of hydrogen-bond donors (Lipinski definition) is 1.